The fraction of sp³-hybridized carbons (Fsp3) is 0.471. The van der Waals surface area contributed by atoms with E-state index >= 15 is 0 Å². The summed E-state index contributed by atoms with van der Waals surface area (Å²) in [5.41, 5.74) is 8.97. The van der Waals surface area contributed by atoms with Crippen molar-refractivity contribution in [1.29, 1.82) is 0 Å². The molecule has 0 radical (unpaired) electrons. The Morgan fingerprint density at radius 1 is 1.38 bits per heavy atom. The van der Waals surface area contributed by atoms with Crippen LogP contribution < -0.4 is 5.73 Å². The van der Waals surface area contributed by atoms with Crippen LogP contribution in [0.25, 0.3) is 0 Å². The molecule has 0 aromatic heterocycles. The van der Waals surface area contributed by atoms with E-state index in [2.05, 4.69) is 6.08 Å². The van der Waals surface area contributed by atoms with Gasteiger partial charge in [0.05, 0.1) is 5.75 Å². The van der Waals surface area contributed by atoms with E-state index < -0.39 is 0 Å². The number of rotatable bonds is 5. The molecule has 0 saturated heterocycles. The van der Waals surface area contributed by atoms with Gasteiger partial charge >= 0.3 is 0 Å². The maximum absolute atomic E-state index is 12.5. The maximum atomic E-state index is 12.5. The minimum Gasteiger partial charge on any atom is -0.398 e. The Morgan fingerprint density at radius 3 is 2.86 bits per heavy atom. The van der Waals surface area contributed by atoms with Crippen LogP contribution in [0.5, 0.6) is 0 Å². The van der Waals surface area contributed by atoms with Gasteiger partial charge < -0.3 is 10.6 Å². The highest BCUT2D eigenvalue weighted by atomic mass is 32.2. The van der Waals surface area contributed by atoms with Crippen molar-refractivity contribution in [1.82, 2.24) is 4.90 Å². The second kappa shape index (κ2) is 7.55. The zero-order valence-electron chi connectivity index (χ0n) is 12.9. The zero-order chi connectivity index (χ0) is 15.2. The lowest BCUT2D eigenvalue weighted by molar-refractivity contribution is -0.126. The number of carbonyl (C=O) groups is 1. The summed E-state index contributed by atoms with van der Waals surface area (Å²) in [7, 11) is 0. The Morgan fingerprint density at radius 2 is 2.19 bits per heavy atom. The van der Waals surface area contributed by atoms with Gasteiger partial charge in [0.15, 0.2) is 0 Å². The number of thioether (sulfide) groups is 1. The smallest absolute Gasteiger partial charge is 0.237 e. The molecule has 1 aromatic rings. The Bertz CT molecular complexity index is 540. The van der Waals surface area contributed by atoms with Crippen molar-refractivity contribution in [2.75, 3.05) is 18.0 Å². The largest absolute Gasteiger partial charge is 0.398 e. The van der Waals surface area contributed by atoms with Crippen LogP contribution in [0.1, 0.15) is 38.2 Å². The van der Waals surface area contributed by atoms with E-state index in [-0.39, 0.29) is 5.91 Å². The number of amides is 1. The molecular weight excluding hydrogens is 280 g/mol. The summed E-state index contributed by atoms with van der Waals surface area (Å²) in [6, 6.07) is 5.86. The molecule has 1 aliphatic rings. The third-order valence-electron chi connectivity index (χ3n) is 3.91. The summed E-state index contributed by atoms with van der Waals surface area (Å²) >= 11 is 1.58. The van der Waals surface area contributed by atoms with E-state index in [4.69, 9.17) is 5.73 Å². The highest BCUT2D eigenvalue weighted by molar-refractivity contribution is 8.00. The zero-order valence-corrected chi connectivity index (χ0v) is 13.7. The molecule has 2 N–H and O–H groups in total. The lowest BCUT2D eigenvalue weighted by Gasteiger charge is -2.26. The molecule has 0 atom stereocenters. The highest BCUT2D eigenvalue weighted by Gasteiger charge is 2.18. The van der Waals surface area contributed by atoms with E-state index in [9.17, 15) is 4.79 Å². The van der Waals surface area contributed by atoms with E-state index in [0.29, 0.717) is 5.75 Å². The van der Waals surface area contributed by atoms with Gasteiger partial charge in [-0.25, -0.2) is 0 Å². The molecule has 0 bridgehead atoms. The van der Waals surface area contributed by atoms with Crippen molar-refractivity contribution in [3.63, 3.8) is 0 Å². The van der Waals surface area contributed by atoms with Crippen LogP contribution in [0.15, 0.2) is 34.9 Å². The molecule has 0 saturated carbocycles. The Hall–Kier alpha value is -1.42. The molecule has 1 aromatic carbocycles. The second-order valence-corrected chi connectivity index (χ2v) is 6.36. The summed E-state index contributed by atoms with van der Waals surface area (Å²) in [4.78, 5) is 15.5. The molecule has 0 heterocycles. The first-order chi connectivity index (χ1) is 10.1. The number of carbonyl (C=O) groups excluding carboxylic acids is 1. The third-order valence-corrected chi connectivity index (χ3v) is 5.05. The minimum absolute atomic E-state index is 0.192. The maximum Gasteiger partial charge on any atom is 0.237 e. The van der Waals surface area contributed by atoms with Crippen LogP contribution in [0.3, 0.4) is 0 Å². The third kappa shape index (κ3) is 4.03. The Kier molecular flexibility index (Phi) is 5.74. The molecule has 0 unspecified atom stereocenters. The number of nitrogens with zero attached hydrogens (tertiary/aromatic N) is 1. The van der Waals surface area contributed by atoms with Gasteiger partial charge in [0, 0.05) is 22.8 Å². The molecule has 1 aliphatic carbocycles. The van der Waals surface area contributed by atoms with Gasteiger partial charge in [0.2, 0.25) is 5.91 Å². The summed E-state index contributed by atoms with van der Waals surface area (Å²) in [6.45, 7) is 4.80. The summed E-state index contributed by atoms with van der Waals surface area (Å²) < 4.78 is 0. The van der Waals surface area contributed by atoms with Crippen LogP contribution in [-0.4, -0.2) is 23.1 Å². The fourth-order valence-corrected chi connectivity index (χ4v) is 3.56. The normalized spacial score (nSPS) is 14.7. The average Bonchev–Trinajstić information content (AvgIpc) is 2.50. The highest BCUT2D eigenvalue weighted by Crippen LogP contribution is 2.27. The number of hydrogen-bond acceptors (Lipinski definition) is 3. The van der Waals surface area contributed by atoms with Gasteiger partial charge in [-0.05, 0) is 57.2 Å². The SMILES string of the molecule is CCN(C(=O)CSc1cccc(N)c1C)C1=CCCCC1. The quantitative estimate of drug-likeness (QED) is 0.661. The Balaban J connectivity index is 1.99. The van der Waals surface area contributed by atoms with Crippen molar-refractivity contribution in [3.8, 4) is 0 Å². The number of nitrogens with two attached hydrogens (primary N) is 1. The number of hydrogen-bond donors (Lipinski definition) is 1. The number of benzene rings is 1. The standard InChI is InChI=1S/C17H24N2OS/c1-3-19(14-8-5-4-6-9-14)17(20)12-21-16-11-7-10-15(18)13(16)2/h7-8,10-11H,3-6,9,12,18H2,1-2H3. The lowest BCUT2D eigenvalue weighted by atomic mass is 10.0. The van der Waals surface area contributed by atoms with Crippen molar-refractivity contribution >= 4 is 23.4 Å². The van der Waals surface area contributed by atoms with Crippen molar-refractivity contribution in [2.45, 2.75) is 44.4 Å². The molecule has 3 nitrogen and oxygen atoms in total. The lowest BCUT2D eigenvalue weighted by Crippen LogP contribution is -2.32. The molecule has 2 rings (SSSR count). The van der Waals surface area contributed by atoms with Gasteiger partial charge in [0.25, 0.3) is 0 Å². The molecule has 114 valence electrons. The second-order valence-electron chi connectivity index (χ2n) is 5.34. The number of nitrogen functional groups attached to an aromatic ring is 1. The van der Waals surface area contributed by atoms with Gasteiger partial charge in [-0.15, -0.1) is 11.8 Å². The van der Waals surface area contributed by atoms with E-state index in [0.717, 1.165) is 35.5 Å². The topological polar surface area (TPSA) is 46.3 Å². The van der Waals surface area contributed by atoms with E-state index in [1.165, 1.54) is 18.5 Å². The van der Waals surface area contributed by atoms with Crippen LogP contribution >= 0.6 is 11.8 Å². The van der Waals surface area contributed by atoms with Gasteiger partial charge in [-0.2, -0.15) is 0 Å². The van der Waals surface area contributed by atoms with E-state index in [1.54, 1.807) is 11.8 Å². The Labute approximate surface area is 131 Å². The molecule has 0 spiro atoms. The van der Waals surface area contributed by atoms with Gasteiger partial charge in [-0.3, -0.25) is 4.79 Å². The van der Waals surface area contributed by atoms with Crippen molar-refractivity contribution < 1.29 is 4.79 Å². The average molecular weight is 304 g/mol. The first kappa shape index (κ1) is 16.0. The van der Waals surface area contributed by atoms with Crippen molar-refractivity contribution in [2.24, 2.45) is 0 Å². The van der Waals surface area contributed by atoms with Crippen LogP contribution in [0, 0.1) is 6.92 Å². The predicted molar refractivity (Wildman–Crippen MR) is 90.3 cm³/mol. The van der Waals surface area contributed by atoms with Gasteiger partial charge in [-0.1, -0.05) is 12.1 Å². The predicted octanol–water partition coefficient (Wildman–Crippen LogP) is 3.98. The van der Waals surface area contributed by atoms with Crippen molar-refractivity contribution in [3.05, 3.63) is 35.5 Å². The molecular formula is C17H24N2OS. The molecule has 0 aliphatic heterocycles. The summed E-state index contributed by atoms with van der Waals surface area (Å²) in [5.74, 6) is 0.660. The number of allylic oxidation sites excluding steroid dienone is 2. The van der Waals surface area contributed by atoms with Crippen LogP contribution in [-0.2, 0) is 4.79 Å². The van der Waals surface area contributed by atoms with Gasteiger partial charge in [0.1, 0.15) is 0 Å². The fourth-order valence-electron chi connectivity index (χ4n) is 2.61. The van der Waals surface area contributed by atoms with Crippen LogP contribution in [0.4, 0.5) is 5.69 Å². The molecule has 1 amide bonds. The first-order valence-electron chi connectivity index (χ1n) is 7.60. The summed E-state index contributed by atoms with van der Waals surface area (Å²) in [5, 5.41) is 0. The molecule has 21 heavy (non-hydrogen) atoms. The summed E-state index contributed by atoms with van der Waals surface area (Å²) in [6.07, 6.45) is 6.78. The molecule has 4 heteroatoms. The minimum atomic E-state index is 0.192. The first-order valence-corrected chi connectivity index (χ1v) is 8.59. The molecule has 0 fully saturated rings. The van der Waals surface area contributed by atoms with Crippen LogP contribution in [0.2, 0.25) is 0 Å². The van der Waals surface area contributed by atoms with E-state index in [1.807, 2.05) is 36.9 Å². The monoisotopic (exact) mass is 304 g/mol. The number of anilines is 1.